The van der Waals surface area contributed by atoms with Crippen LogP contribution in [0.1, 0.15) is 18.4 Å². The zero-order valence-electron chi connectivity index (χ0n) is 9.52. The standard InChI is InChI=1S/C13H15ClF2O/c14-8-13(4-1-5-17-9-13)7-10-2-3-11(15)12(16)6-10/h2-3,6H,1,4-5,7-9H2. The average Bonchev–Trinajstić information content (AvgIpc) is 2.35. The Morgan fingerprint density at radius 1 is 1.29 bits per heavy atom. The van der Waals surface area contributed by atoms with Crippen LogP contribution in [0.5, 0.6) is 0 Å². The van der Waals surface area contributed by atoms with Gasteiger partial charge in [-0.2, -0.15) is 0 Å². The van der Waals surface area contributed by atoms with E-state index in [1.165, 1.54) is 6.07 Å². The van der Waals surface area contributed by atoms with Gasteiger partial charge in [0.1, 0.15) is 0 Å². The van der Waals surface area contributed by atoms with E-state index in [0.717, 1.165) is 31.1 Å². The van der Waals surface area contributed by atoms with Crippen molar-refractivity contribution >= 4 is 11.6 Å². The van der Waals surface area contributed by atoms with Crippen molar-refractivity contribution in [3.8, 4) is 0 Å². The van der Waals surface area contributed by atoms with Crippen LogP contribution in [0.15, 0.2) is 18.2 Å². The van der Waals surface area contributed by atoms with Crippen molar-refractivity contribution in [1.29, 1.82) is 0 Å². The van der Waals surface area contributed by atoms with Gasteiger partial charge < -0.3 is 4.74 Å². The first-order valence-electron chi connectivity index (χ1n) is 5.73. The number of alkyl halides is 1. The van der Waals surface area contributed by atoms with Gasteiger partial charge in [0.2, 0.25) is 0 Å². The molecule has 1 saturated heterocycles. The minimum absolute atomic E-state index is 0.135. The fraction of sp³-hybridized carbons (Fsp3) is 0.538. The fourth-order valence-corrected chi connectivity index (χ4v) is 2.59. The maximum Gasteiger partial charge on any atom is 0.159 e. The average molecular weight is 261 g/mol. The van der Waals surface area contributed by atoms with Crippen molar-refractivity contribution in [2.45, 2.75) is 19.3 Å². The van der Waals surface area contributed by atoms with Crippen molar-refractivity contribution in [2.24, 2.45) is 5.41 Å². The highest BCUT2D eigenvalue weighted by molar-refractivity contribution is 6.18. The highest BCUT2D eigenvalue weighted by Crippen LogP contribution is 2.34. The lowest BCUT2D eigenvalue weighted by Crippen LogP contribution is -2.35. The van der Waals surface area contributed by atoms with E-state index in [-0.39, 0.29) is 5.41 Å². The molecule has 94 valence electrons. The van der Waals surface area contributed by atoms with Crippen LogP contribution >= 0.6 is 11.6 Å². The van der Waals surface area contributed by atoms with Crippen LogP contribution in [0, 0.1) is 17.0 Å². The molecule has 0 N–H and O–H groups in total. The van der Waals surface area contributed by atoms with E-state index in [4.69, 9.17) is 16.3 Å². The van der Waals surface area contributed by atoms with E-state index >= 15 is 0 Å². The molecular formula is C13H15ClF2O. The Morgan fingerprint density at radius 2 is 2.12 bits per heavy atom. The number of hydrogen-bond acceptors (Lipinski definition) is 1. The lowest BCUT2D eigenvalue weighted by atomic mass is 9.79. The van der Waals surface area contributed by atoms with Crippen LogP contribution in [0.2, 0.25) is 0 Å². The van der Waals surface area contributed by atoms with E-state index in [2.05, 4.69) is 0 Å². The predicted molar refractivity (Wildman–Crippen MR) is 63.3 cm³/mol. The maximum absolute atomic E-state index is 13.1. The summed E-state index contributed by atoms with van der Waals surface area (Å²) in [5.74, 6) is -1.14. The van der Waals surface area contributed by atoms with Crippen LogP contribution in [-0.4, -0.2) is 19.1 Å². The SMILES string of the molecule is Fc1ccc(CC2(CCl)CCCOC2)cc1F. The second kappa shape index (κ2) is 5.32. The van der Waals surface area contributed by atoms with Crippen molar-refractivity contribution < 1.29 is 13.5 Å². The van der Waals surface area contributed by atoms with Gasteiger partial charge in [0.25, 0.3) is 0 Å². The third-order valence-electron chi connectivity index (χ3n) is 3.25. The highest BCUT2D eigenvalue weighted by Gasteiger charge is 2.32. The molecule has 0 aliphatic carbocycles. The number of rotatable bonds is 3. The van der Waals surface area contributed by atoms with E-state index in [1.807, 2.05) is 0 Å². The first-order chi connectivity index (χ1) is 8.15. The number of hydrogen-bond donors (Lipinski definition) is 0. The Hall–Kier alpha value is -0.670. The molecule has 1 atom stereocenters. The Balaban J connectivity index is 2.14. The molecule has 1 unspecified atom stereocenters. The van der Waals surface area contributed by atoms with Gasteiger partial charge in [-0.25, -0.2) is 8.78 Å². The Labute approximate surface area is 105 Å². The van der Waals surface area contributed by atoms with Gasteiger partial charge in [-0.05, 0) is 37.0 Å². The van der Waals surface area contributed by atoms with Crippen LogP contribution in [0.25, 0.3) is 0 Å². The van der Waals surface area contributed by atoms with Gasteiger partial charge in [0, 0.05) is 17.9 Å². The highest BCUT2D eigenvalue weighted by atomic mass is 35.5. The monoisotopic (exact) mass is 260 g/mol. The fourth-order valence-electron chi connectivity index (χ4n) is 2.28. The molecule has 4 heteroatoms. The third kappa shape index (κ3) is 2.96. The molecule has 1 heterocycles. The summed E-state index contributed by atoms with van der Waals surface area (Å²) in [5.41, 5.74) is 0.638. The predicted octanol–water partition coefficient (Wildman–Crippen LogP) is 3.54. The lowest BCUT2D eigenvalue weighted by molar-refractivity contribution is 0.00473. The van der Waals surface area contributed by atoms with Crippen molar-refractivity contribution in [1.82, 2.24) is 0 Å². The summed E-state index contributed by atoms with van der Waals surface area (Å²) in [6, 6.07) is 4.02. The van der Waals surface area contributed by atoms with E-state index in [9.17, 15) is 8.78 Å². The van der Waals surface area contributed by atoms with Gasteiger partial charge in [0.15, 0.2) is 11.6 Å². The molecule has 0 bridgehead atoms. The molecule has 1 nitrogen and oxygen atoms in total. The Morgan fingerprint density at radius 3 is 2.71 bits per heavy atom. The zero-order chi connectivity index (χ0) is 12.3. The summed E-state index contributed by atoms with van der Waals surface area (Å²) in [6.07, 6.45) is 2.57. The molecule has 1 aromatic carbocycles. The van der Waals surface area contributed by atoms with Gasteiger partial charge in [-0.3, -0.25) is 0 Å². The van der Waals surface area contributed by atoms with Gasteiger partial charge in [-0.1, -0.05) is 6.07 Å². The summed E-state index contributed by atoms with van der Waals surface area (Å²) in [4.78, 5) is 0. The largest absolute Gasteiger partial charge is 0.381 e. The van der Waals surface area contributed by atoms with Crippen LogP contribution in [0.3, 0.4) is 0 Å². The molecule has 0 radical (unpaired) electrons. The molecule has 1 aliphatic rings. The molecule has 1 aromatic rings. The summed E-state index contributed by atoms with van der Waals surface area (Å²) in [5, 5.41) is 0. The molecule has 1 fully saturated rings. The van der Waals surface area contributed by atoms with E-state index < -0.39 is 11.6 Å². The molecule has 0 spiro atoms. The van der Waals surface area contributed by atoms with Crippen molar-refractivity contribution in [3.05, 3.63) is 35.4 Å². The van der Waals surface area contributed by atoms with Gasteiger partial charge in [0.05, 0.1) is 6.61 Å². The second-order valence-electron chi connectivity index (χ2n) is 4.72. The summed E-state index contributed by atoms with van der Waals surface area (Å²) < 4.78 is 31.4. The Bertz CT molecular complexity index is 389. The first kappa shape index (κ1) is 12.8. The summed E-state index contributed by atoms with van der Waals surface area (Å²) in [7, 11) is 0. The maximum atomic E-state index is 13.1. The lowest BCUT2D eigenvalue weighted by Gasteiger charge is -2.35. The van der Waals surface area contributed by atoms with E-state index in [0.29, 0.717) is 18.9 Å². The number of benzene rings is 1. The Kier molecular flexibility index (Phi) is 4.00. The van der Waals surface area contributed by atoms with E-state index in [1.54, 1.807) is 6.07 Å². The molecule has 17 heavy (non-hydrogen) atoms. The molecule has 0 amide bonds. The summed E-state index contributed by atoms with van der Waals surface area (Å²) >= 11 is 6.01. The van der Waals surface area contributed by atoms with Crippen LogP contribution in [0.4, 0.5) is 8.78 Å². The number of halogens is 3. The molecule has 1 aliphatic heterocycles. The second-order valence-corrected chi connectivity index (χ2v) is 4.98. The quantitative estimate of drug-likeness (QED) is 0.756. The smallest absolute Gasteiger partial charge is 0.159 e. The van der Waals surface area contributed by atoms with Crippen LogP contribution in [-0.2, 0) is 11.2 Å². The zero-order valence-corrected chi connectivity index (χ0v) is 10.3. The normalized spacial score (nSPS) is 24.9. The minimum Gasteiger partial charge on any atom is -0.381 e. The minimum atomic E-state index is -0.812. The summed E-state index contributed by atoms with van der Waals surface area (Å²) in [6.45, 7) is 1.35. The molecular weight excluding hydrogens is 246 g/mol. The van der Waals surface area contributed by atoms with Gasteiger partial charge >= 0.3 is 0 Å². The topological polar surface area (TPSA) is 9.23 Å². The van der Waals surface area contributed by atoms with Gasteiger partial charge in [-0.15, -0.1) is 11.6 Å². The third-order valence-corrected chi connectivity index (χ3v) is 3.82. The van der Waals surface area contributed by atoms with Crippen molar-refractivity contribution in [2.75, 3.05) is 19.1 Å². The number of ether oxygens (including phenoxy) is 1. The van der Waals surface area contributed by atoms with Crippen molar-refractivity contribution in [3.63, 3.8) is 0 Å². The first-order valence-corrected chi connectivity index (χ1v) is 6.26. The molecule has 2 rings (SSSR count). The molecule has 0 aromatic heterocycles. The molecule has 0 saturated carbocycles. The van der Waals surface area contributed by atoms with Crippen LogP contribution < -0.4 is 0 Å².